The first-order valence-corrected chi connectivity index (χ1v) is 6.31. The molecule has 0 radical (unpaired) electrons. The van der Waals surface area contributed by atoms with Gasteiger partial charge in [-0.15, -0.1) is 0 Å². The van der Waals surface area contributed by atoms with Crippen molar-refractivity contribution in [3.05, 3.63) is 52.8 Å². The summed E-state index contributed by atoms with van der Waals surface area (Å²) < 4.78 is 1.85. The van der Waals surface area contributed by atoms with Gasteiger partial charge in [-0.1, -0.05) is 17.7 Å². The highest BCUT2D eigenvalue weighted by molar-refractivity contribution is 6.31. The monoisotopic (exact) mass is 278 g/mol. The Morgan fingerprint density at radius 2 is 2.32 bits per heavy atom. The molecule has 19 heavy (non-hydrogen) atoms. The number of carbonyl (C=O) groups is 1. The molecule has 0 aliphatic heterocycles. The lowest BCUT2D eigenvalue weighted by Crippen LogP contribution is -2.20. The van der Waals surface area contributed by atoms with Crippen LogP contribution >= 0.6 is 11.6 Å². The molecule has 2 aromatic rings. The SMILES string of the molecule is NC(=O)c1ccc(CNCCn2cccn2)c(Cl)c1. The zero-order valence-electron chi connectivity index (χ0n) is 10.3. The lowest BCUT2D eigenvalue weighted by molar-refractivity contribution is 0.100. The van der Waals surface area contributed by atoms with E-state index in [1.54, 1.807) is 18.3 Å². The summed E-state index contributed by atoms with van der Waals surface area (Å²) in [7, 11) is 0. The zero-order valence-corrected chi connectivity index (χ0v) is 11.1. The highest BCUT2D eigenvalue weighted by atomic mass is 35.5. The molecule has 6 heteroatoms. The van der Waals surface area contributed by atoms with E-state index >= 15 is 0 Å². The third-order valence-electron chi connectivity index (χ3n) is 2.73. The van der Waals surface area contributed by atoms with Crippen LogP contribution in [0.3, 0.4) is 0 Å². The van der Waals surface area contributed by atoms with Gasteiger partial charge in [0.25, 0.3) is 0 Å². The van der Waals surface area contributed by atoms with Crippen LogP contribution in [0.2, 0.25) is 5.02 Å². The zero-order chi connectivity index (χ0) is 13.7. The van der Waals surface area contributed by atoms with Gasteiger partial charge in [0.2, 0.25) is 5.91 Å². The lowest BCUT2D eigenvalue weighted by Gasteiger charge is -2.08. The van der Waals surface area contributed by atoms with Gasteiger partial charge in [-0.05, 0) is 23.8 Å². The molecule has 3 N–H and O–H groups in total. The van der Waals surface area contributed by atoms with E-state index < -0.39 is 5.91 Å². The average Bonchev–Trinajstić information content (AvgIpc) is 2.89. The van der Waals surface area contributed by atoms with Gasteiger partial charge >= 0.3 is 0 Å². The fourth-order valence-corrected chi connectivity index (χ4v) is 1.94. The molecule has 100 valence electrons. The molecule has 1 heterocycles. The van der Waals surface area contributed by atoms with Gasteiger partial charge in [-0.2, -0.15) is 5.10 Å². The van der Waals surface area contributed by atoms with Crippen LogP contribution in [0.25, 0.3) is 0 Å². The Labute approximate surface area is 116 Å². The number of nitrogens with two attached hydrogens (primary N) is 1. The van der Waals surface area contributed by atoms with Crippen LogP contribution in [-0.2, 0) is 13.1 Å². The van der Waals surface area contributed by atoms with Crippen molar-refractivity contribution < 1.29 is 4.79 Å². The molecule has 0 atom stereocenters. The van der Waals surface area contributed by atoms with Crippen molar-refractivity contribution in [2.24, 2.45) is 5.73 Å². The van der Waals surface area contributed by atoms with Crippen LogP contribution < -0.4 is 11.1 Å². The van der Waals surface area contributed by atoms with Crippen LogP contribution in [0.4, 0.5) is 0 Å². The van der Waals surface area contributed by atoms with Crippen molar-refractivity contribution in [2.45, 2.75) is 13.1 Å². The first kappa shape index (κ1) is 13.6. The number of nitrogens with zero attached hydrogens (tertiary/aromatic N) is 2. The van der Waals surface area contributed by atoms with Gasteiger partial charge in [0.05, 0.1) is 6.54 Å². The number of primary amides is 1. The topological polar surface area (TPSA) is 72.9 Å². The first-order chi connectivity index (χ1) is 9.16. The van der Waals surface area contributed by atoms with Gasteiger partial charge in [0.15, 0.2) is 0 Å². The van der Waals surface area contributed by atoms with Crippen molar-refractivity contribution in [1.82, 2.24) is 15.1 Å². The first-order valence-electron chi connectivity index (χ1n) is 5.93. The molecule has 0 fully saturated rings. The standard InChI is InChI=1S/C13H15ClN4O/c14-12-8-10(13(15)19)2-3-11(12)9-16-5-7-18-6-1-4-17-18/h1-4,6,8,16H,5,7,9H2,(H2,15,19). The average molecular weight is 279 g/mol. The Morgan fingerprint density at radius 3 is 2.95 bits per heavy atom. The summed E-state index contributed by atoms with van der Waals surface area (Å²) in [6, 6.07) is 6.97. The highest BCUT2D eigenvalue weighted by Gasteiger charge is 2.05. The minimum absolute atomic E-state index is 0.422. The summed E-state index contributed by atoms with van der Waals surface area (Å²) in [5, 5.41) is 7.92. The lowest BCUT2D eigenvalue weighted by atomic mass is 10.1. The molecule has 0 saturated carbocycles. The van der Waals surface area contributed by atoms with Crippen LogP contribution in [-0.4, -0.2) is 22.2 Å². The summed E-state index contributed by atoms with van der Waals surface area (Å²) in [4.78, 5) is 11.0. The van der Waals surface area contributed by atoms with Crippen LogP contribution in [0.15, 0.2) is 36.7 Å². The molecule has 0 spiro atoms. The highest BCUT2D eigenvalue weighted by Crippen LogP contribution is 2.17. The Balaban J connectivity index is 1.84. The van der Waals surface area contributed by atoms with Crippen molar-refractivity contribution in [3.8, 4) is 0 Å². The minimum atomic E-state index is -0.472. The van der Waals surface area contributed by atoms with E-state index in [2.05, 4.69) is 10.4 Å². The third-order valence-corrected chi connectivity index (χ3v) is 3.08. The second-order valence-electron chi connectivity index (χ2n) is 4.12. The number of benzene rings is 1. The molecule has 5 nitrogen and oxygen atoms in total. The van der Waals surface area contributed by atoms with E-state index in [0.29, 0.717) is 17.1 Å². The number of carbonyl (C=O) groups excluding carboxylic acids is 1. The van der Waals surface area contributed by atoms with E-state index in [-0.39, 0.29) is 0 Å². The van der Waals surface area contributed by atoms with Crippen molar-refractivity contribution in [2.75, 3.05) is 6.54 Å². The number of rotatable bonds is 6. The third kappa shape index (κ3) is 3.81. The van der Waals surface area contributed by atoms with Crippen molar-refractivity contribution in [3.63, 3.8) is 0 Å². The number of aromatic nitrogens is 2. The molecule has 1 amide bonds. The molecule has 0 saturated heterocycles. The van der Waals surface area contributed by atoms with E-state index in [0.717, 1.165) is 18.7 Å². The minimum Gasteiger partial charge on any atom is -0.366 e. The van der Waals surface area contributed by atoms with E-state index in [4.69, 9.17) is 17.3 Å². The largest absolute Gasteiger partial charge is 0.366 e. The van der Waals surface area contributed by atoms with Crippen molar-refractivity contribution in [1.29, 1.82) is 0 Å². The van der Waals surface area contributed by atoms with E-state index in [1.807, 2.05) is 23.0 Å². The predicted octanol–water partition coefficient (Wildman–Crippen LogP) is 1.43. The van der Waals surface area contributed by atoms with Gasteiger partial charge in [0, 0.05) is 36.1 Å². The molecule has 1 aromatic heterocycles. The second-order valence-corrected chi connectivity index (χ2v) is 4.52. The van der Waals surface area contributed by atoms with Crippen LogP contribution in [0.5, 0.6) is 0 Å². The Bertz CT molecular complexity index is 554. The number of hydrogen-bond donors (Lipinski definition) is 2. The summed E-state index contributed by atoms with van der Waals surface area (Å²) in [5.41, 5.74) is 6.54. The fraction of sp³-hybridized carbons (Fsp3) is 0.231. The Kier molecular flexibility index (Phi) is 4.54. The smallest absolute Gasteiger partial charge is 0.248 e. The Morgan fingerprint density at radius 1 is 1.47 bits per heavy atom. The van der Waals surface area contributed by atoms with Gasteiger partial charge < -0.3 is 11.1 Å². The molecule has 2 rings (SSSR count). The molecule has 0 aliphatic rings. The maximum Gasteiger partial charge on any atom is 0.248 e. The summed E-state index contributed by atoms with van der Waals surface area (Å²) >= 11 is 6.09. The van der Waals surface area contributed by atoms with E-state index in [9.17, 15) is 4.79 Å². The fourth-order valence-electron chi connectivity index (χ4n) is 1.69. The molecule has 0 bridgehead atoms. The second kappa shape index (κ2) is 6.36. The van der Waals surface area contributed by atoms with Gasteiger partial charge in [-0.3, -0.25) is 9.48 Å². The van der Waals surface area contributed by atoms with Crippen molar-refractivity contribution >= 4 is 17.5 Å². The Hall–Kier alpha value is -1.85. The summed E-state index contributed by atoms with van der Waals surface area (Å²) in [6.07, 6.45) is 3.66. The van der Waals surface area contributed by atoms with Crippen LogP contribution in [0, 0.1) is 0 Å². The van der Waals surface area contributed by atoms with Gasteiger partial charge in [0.1, 0.15) is 0 Å². The number of hydrogen-bond acceptors (Lipinski definition) is 3. The summed E-state index contributed by atoms with van der Waals surface area (Å²) in [6.45, 7) is 2.22. The van der Waals surface area contributed by atoms with E-state index in [1.165, 1.54) is 0 Å². The predicted molar refractivity (Wildman–Crippen MR) is 73.9 cm³/mol. The quantitative estimate of drug-likeness (QED) is 0.785. The number of halogens is 1. The molecule has 0 unspecified atom stereocenters. The maximum atomic E-state index is 11.0. The van der Waals surface area contributed by atoms with Gasteiger partial charge in [-0.25, -0.2) is 0 Å². The maximum absolute atomic E-state index is 11.0. The normalized spacial score (nSPS) is 10.6. The number of amides is 1. The molecule has 0 aliphatic carbocycles. The van der Waals surface area contributed by atoms with Crippen LogP contribution in [0.1, 0.15) is 15.9 Å². The molecule has 1 aromatic carbocycles. The molecular weight excluding hydrogens is 264 g/mol. The number of nitrogens with one attached hydrogen (secondary N) is 1. The summed E-state index contributed by atoms with van der Waals surface area (Å²) in [5.74, 6) is -0.472. The molecular formula is C13H15ClN4O.